The van der Waals surface area contributed by atoms with E-state index in [1.807, 2.05) is 44.0 Å². The molecule has 0 radical (unpaired) electrons. The predicted octanol–water partition coefficient (Wildman–Crippen LogP) is 4.07. The Morgan fingerprint density at radius 2 is 1.74 bits per heavy atom. The van der Waals surface area contributed by atoms with Gasteiger partial charge in [0.1, 0.15) is 6.79 Å². The highest BCUT2D eigenvalue weighted by atomic mass is 32.1. The van der Waals surface area contributed by atoms with Crippen LogP contribution >= 0.6 is 18.9 Å². The van der Waals surface area contributed by atoms with Crippen molar-refractivity contribution < 1.29 is 42.3 Å². The minimum atomic E-state index is -5.62. The number of fused-ring (bicyclic) bond motifs is 2. The van der Waals surface area contributed by atoms with Crippen LogP contribution in [0.3, 0.4) is 0 Å². The van der Waals surface area contributed by atoms with E-state index in [0.717, 1.165) is 55.8 Å². The number of thiazole rings is 1. The van der Waals surface area contributed by atoms with Crippen LogP contribution in [0.2, 0.25) is 0 Å². The Hall–Kier alpha value is -3.78. The summed E-state index contributed by atoms with van der Waals surface area (Å²) in [6.07, 6.45) is 3.68. The Morgan fingerprint density at radius 3 is 2.28 bits per heavy atom. The molecule has 0 bridgehead atoms. The Kier molecular flexibility index (Phi) is 14.4. The van der Waals surface area contributed by atoms with E-state index in [-0.39, 0.29) is 22.3 Å². The van der Waals surface area contributed by atoms with Crippen LogP contribution in [-0.4, -0.2) is 95.9 Å². The molecule has 252 valence electrons. The fraction of sp³-hybridized carbons (Fsp3) is 0.433. The van der Waals surface area contributed by atoms with Gasteiger partial charge in [0.25, 0.3) is 5.91 Å². The number of amides is 3. The third-order valence-electron chi connectivity index (χ3n) is 7.27. The van der Waals surface area contributed by atoms with E-state index in [4.69, 9.17) is 14.6 Å². The Labute approximate surface area is 270 Å². The van der Waals surface area contributed by atoms with Gasteiger partial charge in [-0.1, -0.05) is 24.3 Å². The number of halogens is 2. The lowest BCUT2D eigenvalue weighted by molar-refractivity contribution is -0.136. The number of carbonyl (C=O) groups excluding carboxylic acids is 4. The number of alkyl halides is 2. The molecule has 16 heteroatoms. The highest BCUT2D eigenvalue weighted by Gasteiger charge is 2.50. The molecule has 3 aromatic rings. The molecule has 2 saturated heterocycles. The van der Waals surface area contributed by atoms with Crippen molar-refractivity contribution in [3.63, 3.8) is 0 Å². The van der Waals surface area contributed by atoms with Gasteiger partial charge in [0, 0.05) is 71.4 Å². The molecule has 12 nitrogen and oxygen atoms in total. The Bertz CT molecular complexity index is 1520. The molecule has 0 aliphatic carbocycles. The van der Waals surface area contributed by atoms with Gasteiger partial charge in [-0.25, -0.2) is 4.98 Å². The van der Waals surface area contributed by atoms with E-state index in [1.54, 1.807) is 11.8 Å². The lowest BCUT2D eigenvalue weighted by Gasteiger charge is -2.31. The van der Waals surface area contributed by atoms with Crippen molar-refractivity contribution in [2.24, 2.45) is 0 Å². The zero-order chi connectivity index (χ0) is 34.7. The van der Waals surface area contributed by atoms with E-state index < -0.39 is 24.7 Å². The van der Waals surface area contributed by atoms with Crippen LogP contribution in [0.1, 0.15) is 48.0 Å². The second kappa shape index (κ2) is 17.2. The van der Waals surface area contributed by atoms with E-state index in [2.05, 4.69) is 27.3 Å². The van der Waals surface area contributed by atoms with Crippen LogP contribution in [-0.2, 0) is 24.6 Å². The van der Waals surface area contributed by atoms with Crippen molar-refractivity contribution in [1.82, 2.24) is 20.1 Å². The van der Waals surface area contributed by atoms with Gasteiger partial charge >= 0.3 is 13.3 Å². The van der Waals surface area contributed by atoms with Gasteiger partial charge in [-0.2, -0.15) is 8.78 Å². The summed E-state index contributed by atoms with van der Waals surface area (Å²) in [5, 5.41) is 2.43. The summed E-state index contributed by atoms with van der Waals surface area (Å²) in [6.45, 7) is 5.91. The predicted molar refractivity (Wildman–Crippen MR) is 173 cm³/mol. The van der Waals surface area contributed by atoms with Gasteiger partial charge < -0.3 is 34.6 Å². The van der Waals surface area contributed by atoms with Crippen molar-refractivity contribution in [2.75, 3.05) is 45.7 Å². The molecule has 46 heavy (non-hydrogen) atoms. The minimum absolute atomic E-state index is 0.0825. The number of carbonyl (C=O) groups is 4. The zero-order valence-electron chi connectivity index (χ0n) is 26.2. The molecule has 2 fully saturated rings. The number of hydrogen-bond donors (Lipinski definition) is 3. The monoisotopic (exact) mass is 683 g/mol. The molecule has 2 aliphatic heterocycles. The maximum absolute atomic E-state index is 13.6. The number of rotatable bonds is 4. The molecule has 3 heterocycles. The van der Waals surface area contributed by atoms with Gasteiger partial charge in [-0.15, -0.1) is 11.3 Å². The fourth-order valence-electron chi connectivity index (χ4n) is 4.78. The van der Waals surface area contributed by atoms with Crippen LogP contribution in [0.5, 0.6) is 0 Å². The van der Waals surface area contributed by atoms with E-state index in [0.29, 0.717) is 23.7 Å². The minimum Gasteiger partial charge on any atom is -0.378 e. The van der Waals surface area contributed by atoms with Gasteiger partial charge in [0.2, 0.25) is 11.8 Å². The van der Waals surface area contributed by atoms with Crippen LogP contribution < -0.4 is 10.2 Å². The van der Waals surface area contributed by atoms with E-state index in [1.165, 1.54) is 18.8 Å². The van der Waals surface area contributed by atoms with E-state index in [9.17, 15) is 27.7 Å². The average molecular weight is 684 g/mol. The highest BCUT2D eigenvalue weighted by Crippen LogP contribution is 2.59. The van der Waals surface area contributed by atoms with Gasteiger partial charge in [0.05, 0.1) is 10.2 Å². The highest BCUT2D eigenvalue weighted by molar-refractivity contribution is 7.52. The van der Waals surface area contributed by atoms with Gasteiger partial charge in [0.15, 0.2) is 5.01 Å². The number of nitrogens with one attached hydrogen (secondary N) is 1. The van der Waals surface area contributed by atoms with Crippen molar-refractivity contribution in [1.29, 1.82) is 0 Å². The van der Waals surface area contributed by atoms with Crippen molar-refractivity contribution in [3.05, 3.63) is 59.1 Å². The van der Waals surface area contributed by atoms with Crippen molar-refractivity contribution in [2.45, 2.75) is 44.3 Å². The molecule has 3 amide bonds. The maximum Gasteiger partial charge on any atom is 0.399 e. The molecular formula is C30H40F2N5O7PS. The normalized spacial score (nSPS) is 16.3. The summed E-state index contributed by atoms with van der Waals surface area (Å²) < 4.78 is 38.4. The van der Waals surface area contributed by atoms with Crippen LogP contribution in [0, 0.1) is 0 Å². The largest absolute Gasteiger partial charge is 0.399 e. The first-order valence-electron chi connectivity index (χ1n) is 14.3. The first-order chi connectivity index (χ1) is 21.7. The zero-order valence-corrected chi connectivity index (χ0v) is 27.9. The van der Waals surface area contributed by atoms with Crippen molar-refractivity contribution in [3.8, 4) is 0 Å². The maximum atomic E-state index is 13.6. The van der Waals surface area contributed by atoms with Crippen LogP contribution in [0.25, 0.3) is 10.2 Å². The fourth-order valence-corrected chi connectivity index (χ4v) is 6.15. The topological polar surface area (TPSA) is 160 Å². The molecule has 5 rings (SSSR count). The summed E-state index contributed by atoms with van der Waals surface area (Å²) in [5.74, 6) is -0.146. The SMILES string of the molecule is C=O.CC(=O)N1CCC(=O)N2CCCC2CC1.CN(C)c1ccccc1.CNC(=O)c1nc2cc(C(F)(F)P(=O)(O)O)ccc2s1. The Morgan fingerprint density at radius 1 is 1.09 bits per heavy atom. The number of hydrogen-bond acceptors (Lipinski definition) is 8. The molecule has 1 aromatic heterocycles. The number of nitrogens with zero attached hydrogens (tertiary/aromatic N) is 4. The second-order valence-electron chi connectivity index (χ2n) is 10.5. The molecule has 3 N–H and O–H groups in total. The quantitative estimate of drug-likeness (QED) is 0.345. The lowest BCUT2D eigenvalue weighted by atomic mass is 10.1. The first kappa shape index (κ1) is 38.4. The third-order valence-corrected chi connectivity index (χ3v) is 9.29. The smallest absolute Gasteiger partial charge is 0.378 e. The third kappa shape index (κ3) is 10.1. The lowest BCUT2D eigenvalue weighted by Crippen LogP contribution is -2.44. The van der Waals surface area contributed by atoms with Crippen LogP contribution in [0.4, 0.5) is 14.5 Å². The molecule has 0 saturated carbocycles. The number of anilines is 1. The summed E-state index contributed by atoms with van der Waals surface area (Å²) in [5.41, 5.74) is -3.80. The molecule has 2 aliphatic rings. The summed E-state index contributed by atoms with van der Waals surface area (Å²) in [6, 6.07) is 13.7. The number of para-hydroxylation sites is 1. The summed E-state index contributed by atoms with van der Waals surface area (Å²) >= 11 is 0.995. The average Bonchev–Trinajstić information content (AvgIpc) is 3.67. The standard InChI is InChI=1S/C11H18N2O2.C10H9F2N2O4PS.C8H11N.CH2O/c1-9(14)12-7-4-10-3-2-6-13(10)11(15)5-8-12;1-13-8(15)9-14-6-4-5(2-3-7(6)20-9)10(11,12)19(16,17)18;1-9(2)8-6-4-3-5-7-8;1-2/h10H,2-8H2,1H3;2-4H,1H3,(H,13,15)(H2,16,17,18);3-7H,1-2H3;1H2. The number of aromatic nitrogens is 1. The van der Waals surface area contributed by atoms with Gasteiger partial charge in [-0.05, 0) is 43.5 Å². The molecule has 0 spiro atoms. The summed E-state index contributed by atoms with van der Waals surface area (Å²) in [4.78, 5) is 69.6. The van der Waals surface area contributed by atoms with Crippen LogP contribution in [0.15, 0.2) is 48.5 Å². The molecular weight excluding hydrogens is 643 g/mol. The molecule has 1 unspecified atom stereocenters. The van der Waals surface area contributed by atoms with Gasteiger partial charge in [-0.3, -0.25) is 18.9 Å². The Balaban J connectivity index is 0.000000249. The van der Waals surface area contributed by atoms with E-state index >= 15 is 0 Å². The first-order valence-corrected chi connectivity index (χ1v) is 16.7. The molecule has 1 atom stereocenters. The second-order valence-corrected chi connectivity index (χ2v) is 13.2. The summed E-state index contributed by atoms with van der Waals surface area (Å²) in [7, 11) is -0.145. The molecule has 2 aromatic carbocycles. The number of benzene rings is 2. The van der Waals surface area contributed by atoms with Crippen molar-refractivity contribution >= 4 is 59.3 Å².